The fourth-order valence-corrected chi connectivity index (χ4v) is 8.90. The molecule has 0 saturated carbocycles. The molecule has 12 heteroatoms. The summed E-state index contributed by atoms with van der Waals surface area (Å²) in [6.07, 6.45) is -0.803. The van der Waals surface area contributed by atoms with Gasteiger partial charge in [0.1, 0.15) is 22.6 Å². The Labute approximate surface area is 297 Å². The standard InChI is InChI=1S/C38H56FN2O8P/c1-11-46-50(45)25-24-40(26-29-16-12-13-17-31(29)28-18-20-30(39)21-19-28)27-38(50,32(42)47-35(2,3)4)22-14-15-23-41(33(43)48-36(5,6)7)34(44)49-37(8,9)10/h12-13,16-21H,11,14-15,22-27H2,1-10H3. The van der Waals surface area contributed by atoms with Gasteiger partial charge >= 0.3 is 18.2 Å². The number of ether oxygens (including phenoxy) is 3. The van der Waals surface area contributed by atoms with Gasteiger partial charge in [0.05, 0.1) is 6.61 Å². The molecule has 1 aliphatic rings. The maximum Gasteiger partial charge on any atom is 0.419 e. The normalized spacial score (nSPS) is 20.2. The summed E-state index contributed by atoms with van der Waals surface area (Å²) >= 11 is 0. The highest BCUT2D eigenvalue weighted by atomic mass is 31.2. The fourth-order valence-electron chi connectivity index (χ4n) is 5.89. The van der Waals surface area contributed by atoms with E-state index in [1.165, 1.54) is 12.1 Å². The van der Waals surface area contributed by atoms with Gasteiger partial charge in [0.15, 0.2) is 5.16 Å². The molecule has 1 saturated heterocycles. The van der Waals surface area contributed by atoms with Crippen LogP contribution in [0.15, 0.2) is 48.5 Å². The lowest BCUT2D eigenvalue weighted by Gasteiger charge is -2.46. The lowest BCUT2D eigenvalue weighted by Crippen LogP contribution is -2.56. The molecule has 2 aromatic carbocycles. The highest BCUT2D eigenvalue weighted by Crippen LogP contribution is 2.64. The van der Waals surface area contributed by atoms with Gasteiger partial charge in [-0.05, 0) is 117 Å². The van der Waals surface area contributed by atoms with Gasteiger partial charge < -0.3 is 18.7 Å². The van der Waals surface area contributed by atoms with E-state index < -0.39 is 47.5 Å². The van der Waals surface area contributed by atoms with Gasteiger partial charge in [-0.15, -0.1) is 0 Å². The molecule has 2 unspecified atom stereocenters. The Balaban J connectivity index is 1.94. The number of imide groups is 1. The third kappa shape index (κ3) is 11.4. The first kappa shape index (κ1) is 41.2. The maximum absolute atomic E-state index is 14.8. The molecule has 0 aliphatic carbocycles. The first-order valence-corrected chi connectivity index (χ1v) is 19.2. The topological polar surface area (TPSA) is 112 Å². The lowest BCUT2D eigenvalue weighted by molar-refractivity contribution is -0.160. The lowest BCUT2D eigenvalue weighted by atomic mass is 9.96. The summed E-state index contributed by atoms with van der Waals surface area (Å²) in [4.78, 5) is 43.5. The minimum atomic E-state index is -3.63. The molecule has 2 aromatic rings. The van der Waals surface area contributed by atoms with E-state index in [2.05, 4.69) is 4.90 Å². The Bertz CT molecular complexity index is 1500. The number of carbonyl (C=O) groups is 3. The second kappa shape index (κ2) is 16.4. The monoisotopic (exact) mass is 718 g/mol. The van der Waals surface area contributed by atoms with E-state index in [0.29, 0.717) is 19.5 Å². The molecule has 0 aromatic heterocycles. The van der Waals surface area contributed by atoms with Crippen molar-refractivity contribution < 1.29 is 42.1 Å². The van der Waals surface area contributed by atoms with Crippen molar-refractivity contribution in [1.29, 1.82) is 0 Å². The van der Waals surface area contributed by atoms with E-state index in [4.69, 9.17) is 18.7 Å². The molecule has 1 fully saturated rings. The van der Waals surface area contributed by atoms with Gasteiger partial charge in [0.2, 0.25) is 7.37 Å². The Hall–Kier alpha value is -3.27. The van der Waals surface area contributed by atoms with E-state index in [-0.39, 0.29) is 44.5 Å². The Morgan fingerprint density at radius 1 is 0.840 bits per heavy atom. The summed E-state index contributed by atoms with van der Waals surface area (Å²) < 4.78 is 51.6. The number of halogens is 1. The number of carbonyl (C=O) groups excluding carboxylic acids is 3. The molecule has 1 heterocycles. The van der Waals surface area contributed by atoms with Gasteiger partial charge in [-0.2, -0.15) is 0 Å². The van der Waals surface area contributed by atoms with Crippen LogP contribution in [0.1, 0.15) is 94.1 Å². The van der Waals surface area contributed by atoms with Gasteiger partial charge in [-0.25, -0.2) is 18.9 Å². The van der Waals surface area contributed by atoms with Gasteiger partial charge in [0, 0.05) is 32.3 Å². The second-order valence-corrected chi connectivity index (χ2v) is 18.7. The SMILES string of the molecule is CCOP1(=O)CCN(Cc2ccccc2-c2ccc(F)cc2)CC1(CCCCN(C(=O)OC(C)(C)C)C(=O)OC(C)(C)C)C(=O)OC(C)(C)C. The van der Waals surface area contributed by atoms with E-state index in [0.717, 1.165) is 21.6 Å². The average Bonchev–Trinajstić information content (AvgIpc) is 2.97. The summed E-state index contributed by atoms with van der Waals surface area (Å²) in [5.41, 5.74) is 0.209. The molecule has 0 bridgehead atoms. The molecular weight excluding hydrogens is 662 g/mol. The zero-order valence-corrected chi connectivity index (χ0v) is 32.4. The predicted molar refractivity (Wildman–Crippen MR) is 193 cm³/mol. The van der Waals surface area contributed by atoms with Crippen LogP contribution in [0.5, 0.6) is 0 Å². The largest absolute Gasteiger partial charge is 0.459 e. The minimum Gasteiger partial charge on any atom is -0.459 e. The second-order valence-electron chi connectivity index (χ2n) is 15.8. The van der Waals surface area contributed by atoms with Crippen molar-refractivity contribution in [3.05, 3.63) is 59.9 Å². The summed E-state index contributed by atoms with van der Waals surface area (Å²) in [6.45, 7) is 18.4. The van der Waals surface area contributed by atoms with Crippen LogP contribution >= 0.6 is 7.37 Å². The van der Waals surface area contributed by atoms with Crippen LogP contribution in [0.3, 0.4) is 0 Å². The molecular formula is C38H56FN2O8P. The average molecular weight is 719 g/mol. The molecule has 278 valence electrons. The van der Waals surface area contributed by atoms with Crippen LogP contribution in [-0.4, -0.2) is 82.3 Å². The zero-order valence-electron chi connectivity index (χ0n) is 31.5. The van der Waals surface area contributed by atoms with Crippen LogP contribution in [0.25, 0.3) is 11.1 Å². The minimum absolute atomic E-state index is 0.0398. The van der Waals surface area contributed by atoms with Crippen LogP contribution < -0.4 is 0 Å². The number of benzene rings is 2. The highest BCUT2D eigenvalue weighted by Gasteiger charge is 2.59. The van der Waals surface area contributed by atoms with Crippen molar-refractivity contribution in [2.75, 3.05) is 32.4 Å². The van der Waals surface area contributed by atoms with Gasteiger partial charge in [-0.1, -0.05) is 36.4 Å². The quantitative estimate of drug-likeness (QED) is 0.0972. The van der Waals surface area contributed by atoms with Gasteiger partial charge in [-0.3, -0.25) is 14.3 Å². The summed E-state index contributed by atoms with van der Waals surface area (Å²) in [5.74, 6) is -0.925. The third-order valence-electron chi connectivity index (χ3n) is 7.98. The number of rotatable bonds is 11. The molecule has 3 rings (SSSR count). The predicted octanol–water partition coefficient (Wildman–Crippen LogP) is 9.05. The van der Waals surface area contributed by atoms with Gasteiger partial charge in [0.25, 0.3) is 0 Å². The molecule has 0 N–H and O–H groups in total. The first-order valence-electron chi connectivity index (χ1n) is 17.3. The van der Waals surface area contributed by atoms with E-state index in [1.807, 2.05) is 24.3 Å². The molecule has 0 spiro atoms. The van der Waals surface area contributed by atoms with Crippen molar-refractivity contribution in [1.82, 2.24) is 9.80 Å². The van der Waals surface area contributed by atoms with Crippen LogP contribution in [0.4, 0.5) is 14.0 Å². The number of nitrogens with zero attached hydrogens (tertiary/aromatic N) is 2. The fraction of sp³-hybridized carbons (Fsp3) is 0.605. The number of unbranched alkanes of at least 4 members (excludes halogenated alkanes) is 1. The van der Waals surface area contributed by atoms with Crippen LogP contribution in [0.2, 0.25) is 0 Å². The number of hydrogen-bond donors (Lipinski definition) is 0. The molecule has 1 aliphatic heterocycles. The highest BCUT2D eigenvalue weighted by molar-refractivity contribution is 7.62. The van der Waals surface area contributed by atoms with E-state index in [9.17, 15) is 23.3 Å². The third-order valence-corrected chi connectivity index (χ3v) is 11.3. The zero-order chi connectivity index (χ0) is 37.5. The Morgan fingerprint density at radius 2 is 1.40 bits per heavy atom. The summed E-state index contributed by atoms with van der Waals surface area (Å²) in [7, 11) is -3.63. The number of hydrogen-bond acceptors (Lipinski definition) is 9. The van der Waals surface area contributed by atoms with Crippen LogP contribution in [-0.2, 0) is 34.6 Å². The van der Waals surface area contributed by atoms with Crippen molar-refractivity contribution in [2.24, 2.45) is 0 Å². The molecule has 0 radical (unpaired) electrons. The first-order chi connectivity index (χ1) is 23.1. The van der Waals surface area contributed by atoms with Crippen molar-refractivity contribution >= 4 is 25.5 Å². The smallest absolute Gasteiger partial charge is 0.419 e. The Kier molecular flexibility index (Phi) is 13.5. The molecule has 50 heavy (non-hydrogen) atoms. The van der Waals surface area contributed by atoms with E-state index in [1.54, 1.807) is 81.4 Å². The Morgan fingerprint density at radius 3 is 1.94 bits per heavy atom. The van der Waals surface area contributed by atoms with Crippen molar-refractivity contribution in [3.63, 3.8) is 0 Å². The maximum atomic E-state index is 14.8. The molecule has 10 nitrogen and oxygen atoms in total. The van der Waals surface area contributed by atoms with Crippen LogP contribution in [0, 0.1) is 5.82 Å². The van der Waals surface area contributed by atoms with E-state index >= 15 is 0 Å². The summed E-state index contributed by atoms with van der Waals surface area (Å²) in [6, 6.07) is 14.1. The number of esters is 1. The number of amides is 2. The van der Waals surface area contributed by atoms with Crippen molar-refractivity contribution in [2.45, 2.75) is 117 Å². The molecule has 2 atom stereocenters. The molecule has 2 amide bonds. The van der Waals surface area contributed by atoms with Crippen molar-refractivity contribution in [3.8, 4) is 11.1 Å². The summed E-state index contributed by atoms with van der Waals surface area (Å²) in [5, 5.41) is -1.51.